The Morgan fingerprint density at radius 3 is 2.46 bits per heavy atom. The van der Waals surface area contributed by atoms with Crippen LogP contribution in [0.3, 0.4) is 0 Å². The summed E-state index contributed by atoms with van der Waals surface area (Å²) < 4.78 is 0. The first-order chi connectivity index (χ1) is 6.16. The van der Waals surface area contributed by atoms with Crippen LogP contribution in [0.15, 0.2) is 0 Å². The summed E-state index contributed by atoms with van der Waals surface area (Å²) in [5, 5.41) is 8.29. The zero-order valence-electron chi connectivity index (χ0n) is 7.71. The first-order valence-electron chi connectivity index (χ1n) is 4.29. The molecule has 0 aliphatic heterocycles. The van der Waals surface area contributed by atoms with Gasteiger partial charge in [0.1, 0.15) is 0 Å². The van der Waals surface area contributed by atoms with Crippen molar-refractivity contribution in [1.29, 1.82) is 0 Å². The second-order valence-corrected chi connectivity index (χ2v) is 2.56. The first-order valence-corrected chi connectivity index (χ1v) is 4.29. The molecule has 5 nitrogen and oxygen atoms in total. The number of hydrogen-bond acceptors (Lipinski definition) is 3. The molecule has 0 fully saturated rings. The normalized spacial score (nSPS) is 9.62. The van der Waals surface area contributed by atoms with E-state index in [1.54, 1.807) is 6.92 Å². The molecule has 0 rings (SSSR count). The lowest BCUT2D eigenvalue weighted by atomic mass is 10.2. The molecule has 0 aromatic heterocycles. The molecule has 0 aliphatic rings. The molecule has 5 heteroatoms. The standard InChI is InChI=1S/C8H15NO4/c1-2-13-9-7(10)5-3-4-6-8(11)12/h2-6H2,1H3,(H,9,10)(H,11,12). The monoisotopic (exact) mass is 189 g/mol. The van der Waals surface area contributed by atoms with Crippen molar-refractivity contribution in [1.82, 2.24) is 5.48 Å². The Hall–Kier alpha value is -1.10. The van der Waals surface area contributed by atoms with Crippen molar-refractivity contribution >= 4 is 11.9 Å². The molecule has 0 heterocycles. The van der Waals surface area contributed by atoms with Gasteiger partial charge in [-0.3, -0.25) is 14.4 Å². The number of carboxylic acid groups (broad SMARTS) is 1. The van der Waals surface area contributed by atoms with Gasteiger partial charge in [0.05, 0.1) is 6.61 Å². The predicted molar refractivity (Wildman–Crippen MR) is 45.9 cm³/mol. The van der Waals surface area contributed by atoms with Crippen molar-refractivity contribution in [2.24, 2.45) is 0 Å². The fourth-order valence-electron chi connectivity index (χ4n) is 0.765. The highest BCUT2D eigenvalue weighted by atomic mass is 16.6. The van der Waals surface area contributed by atoms with Gasteiger partial charge in [-0.2, -0.15) is 0 Å². The minimum atomic E-state index is -0.829. The van der Waals surface area contributed by atoms with E-state index >= 15 is 0 Å². The van der Waals surface area contributed by atoms with Gasteiger partial charge in [-0.1, -0.05) is 0 Å². The molecule has 13 heavy (non-hydrogen) atoms. The molecule has 1 amide bonds. The van der Waals surface area contributed by atoms with Crippen LogP contribution < -0.4 is 5.48 Å². The van der Waals surface area contributed by atoms with Crippen LogP contribution in [0.1, 0.15) is 32.6 Å². The second kappa shape index (κ2) is 7.54. The number of carbonyl (C=O) groups is 2. The lowest BCUT2D eigenvalue weighted by Crippen LogP contribution is -2.23. The van der Waals surface area contributed by atoms with Crippen molar-refractivity contribution in [3.8, 4) is 0 Å². The third-order valence-corrected chi connectivity index (χ3v) is 1.37. The van der Waals surface area contributed by atoms with Gasteiger partial charge in [0.2, 0.25) is 5.91 Å². The molecule has 0 radical (unpaired) electrons. The van der Waals surface area contributed by atoms with E-state index in [9.17, 15) is 9.59 Å². The molecule has 0 spiro atoms. The van der Waals surface area contributed by atoms with E-state index in [1.807, 2.05) is 0 Å². The Kier molecular flexibility index (Phi) is 6.91. The molecule has 0 bridgehead atoms. The molecular formula is C8H15NO4. The van der Waals surface area contributed by atoms with E-state index in [0.29, 0.717) is 25.9 Å². The summed E-state index contributed by atoms with van der Waals surface area (Å²) in [4.78, 5) is 25.6. The van der Waals surface area contributed by atoms with Crippen LogP contribution in [0.2, 0.25) is 0 Å². The first kappa shape index (κ1) is 11.9. The number of aliphatic carboxylic acids is 1. The van der Waals surface area contributed by atoms with Gasteiger partial charge >= 0.3 is 5.97 Å². The average Bonchev–Trinajstić information content (AvgIpc) is 2.08. The number of nitrogens with one attached hydrogen (secondary N) is 1. The fourth-order valence-corrected chi connectivity index (χ4v) is 0.765. The summed E-state index contributed by atoms with van der Waals surface area (Å²) in [5.74, 6) is -1.03. The summed E-state index contributed by atoms with van der Waals surface area (Å²) in [6.07, 6.45) is 1.52. The van der Waals surface area contributed by atoms with Gasteiger partial charge in [-0.15, -0.1) is 0 Å². The van der Waals surface area contributed by atoms with Crippen molar-refractivity contribution in [2.45, 2.75) is 32.6 Å². The zero-order chi connectivity index (χ0) is 10.1. The summed E-state index contributed by atoms with van der Waals surface area (Å²) in [6, 6.07) is 0. The maximum Gasteiger partial charge on any atom is 0.303 e. The highest BCUT2D eigenvalue weighted by Crippen LogP contribution is 1.99. The molecule has 0 aromatic carbocycles. The molecule has 0 saturated carbocycles. The molecule has 0 unspecified atom stereocenters. The van der Waals surface area contributed by atoms with Crippen molar-refractivity contribution in [2.75, 3.05) is 6.61 Å². The van der Waals surface area contributed by atoms with Crippen molar-refractivity contribution in [3.63, 3.8) is 0 Å². The van der Waals surface area contributed by atoms with Gasteiger partial charge in [-0.05, 0) is 19.8 Å². The fraction of sp³-hybridized carbons (Fsp3) is 0.750. The van der Waals surface area contributed by atoms with Gasteiger partial charge in [-0.25, -0.2) is 5.48 Å². The predicted octanol–water partition coefficient (Wildman–Crippen LogP) is 0.699. The topological polar surface area (TPSA) is 75.6 Å². The van der Waals surface area contributed by atoms with Crippen LogP contribution in [0.25, 0.3) is 0 Å². The second-order valence-electron chi connectivity index (χ2n) is 2.56. The summed E-state index contributed by atoms with van der Waals surface area (Å²) in [6.45, 7) is 2.20. The lowest BCUT2D eigenvalue weighted by molar-refractivity contribution is -0.137. The molecule has 0 saturated heterocycles. The van der Waals surface area contributed by atoms with Gasteiger partial charge in [0.25, 0.3) is 0 Å². The van der Waals surface area contributed by atoms with E-state index in [-0.39, 0.29) is 12.3 Å². The summed E-state index contributed by atoms with van der Waals surface area (Å²) in [7, 11) is 0. The number of hydroxylamine groups is 1. The largest absolute Gasteiger partial charge is 0.481 e. The van der Waals surface area contributed by atoms with Crippen LogP contribution in [0.5, 0.6) is 0 Å². The van der Waals surface area contributed by atoms with Crippen molar-refractivity contribution < 1.29 is 19.5 Å². The zero-order valence-corrected chi connectivity index (χ0v) is 7.71. The maximum absolute atomic E-state index is 10.9. The third-order valence-electron chi connectivity index (χ3n) is 1.37. The highest BCUT2D eigenvalue weighted by Gasteiger charge is 2.01. The van der Waals surface area contributed by atoms with Crippen LogP contribution in [-0.2, 0) is 14.4 Å². The number of unbranched alkanes of at least 4 members (excludes halogenated alkanes) is 1. The SMILES string of the molecule is CCONC(=O)CCCCC(=O)O. The number of hydrogen-bond donors (Lipinski definition) is 2. The van der Waals surface area contributed by atoms with Crippen LogP contribution >= 0.6 is 0 Å². The number of carboxylic acids is 1. The van der Waals surface area contributed by atoms with E-state index in [0.717, 1.165) is 0 Å². The number of rotatable bonds is 7. The summed E-state index contributed by atoms with van der Waals surface area (Å²) in [5.41, 5.74) is 2.23. The van der Waals surface area contributed by atoms with Crippen molar-refractivity contribution in [3.05, 3.63) is 0 Å². The molecule has 0 aromatic rings. The Morgan fingerprint density at radius 2 is 1.92 bits per heavy atom. The molecule has 2 N–H and O–H groups in total. The van der Waals surface area contributed by atoms with Crippen LogP contribution in [0, 0.1) is 0 Å². The molecule has 0 aliphatic carbocycles. The number of carbonyl (C=O) groups excluding carboxylic acids is 1. The quantitative estimate of drug-likeness (QED) is 0.456. The Bertz CT molecular complexity index is 170. The Balaban J connectivity index is 3.22. The number of amides is 1. The molecule has 76 valence electrons. The molecular weight excluding hydrogens is 174 g/mol. The van der Waals surface area contributed by atoms with E-state index in [4.69, 9.17) is 5.11 Å². The minimum Gasteiger partial charge on any atom is -0.481 e. The minimum absolute atomic E-state index is 0.113. The van der Waals surface area contributed by atoms with Crippen LogP contribution in [-0.4, -0.2) is 23.6 Å². The van der Waals surface area contributed by atoms with Gasteiger partial charge < -0.3 is 5.11 Å². The van der Waals surface area contributed by atoms with E-state index in [2.05, 4.69) is 10.3 Å². The van der Waals surface area contributed by atoms with Gasteiger partial charge in [0.15, 0.2) is 0 Å². The lowest BCUT2D eigenvalue weighted by Gasteiger charge is -2.02. The van der Waals surface area contributed by atoms with Crippen LogP contribution in [0.4, 0.5) is 0 Å². The highest BCUT2D eigenvalue weighted by molar-refractivity contribution is 5.74. The van der Waals surface area contributed by atoms with E-state index < -0.39 is 5.97 Å². The summed E-state index contributed by atoms with van der Waals surface area (Å²) >= 11 is 0. The van der Waals surface area contributed by atoms with Gasteiger partial charge in [0, 0.05) is 12.8 Å². The van der Waals surface area contributed by atoms with E-state index in [1.165, 1.54) is 0 Å². The average molecular weight is 189 g/mol. The molecule has 0 atom stereocenters. The maximum atomic E-state index is 10.9. The smallest absolute Gasteiger partial charge is 0.303 e. The Labute approximate surface area is 77.0 Å². The Morgan fingerprint density at radius 1 is 1.31 bits per heavy atom. The third kappa shape index (κ3) is 8.81.